The largest absolute Gasteiger partial charge is 0.381 e. The highest BCUT2D eigenvalue weighted by Gasteiger charge is 2.41. The minimum absolute atomic E-state index is 0.0713. The molecule has 0 aromatic carbocycles. The number of ether oxygens (including phenoxy) is 2. The fourth-order valence-electron chi connectivity index (χ4n) is 4.20. The summed E-state index contributed by atoms with van der Waals surface area (Å²) in [5.41, 5.74) is 1.00. The second kappa shape index (κ2) is 7.40. The number of hydrogen-bond donors (Lipinski definition) is 0. The lowest BCUT2D eigenvalue weighted by atomic mass is 9.88. The van der Waals surface area contributed by atoms with Gasteiger partial charge in [0.15, 0.2) is 0 Å². The van der Waals surface area contributed by atoms with Crippen molar-refractivity contribution in [3.05, 3.63) is 30.1 Å². The van der Waals surface area contributed by atoms with Crippen molar-refractivity contribution < 1.29 is 14.3 Å². The predicted octanol–water partition coefficient (Wildman–Crippen LogP) is 1.31. The topological polar surface area (TPSA) is 54.9 Å². The van der Waals surface area contributed by atoms with E-state index in [-0.39, 0.29) is 17.4 Å². The van der Waals surface area contributed by atoms with Gasteiger partial charge in [-0.05, 0) is 31.4 Å². The fraction of sp³-hybridized carbons (Fsp3) is 0.684. The Kier molecular flexibility index (Phi) is 5.01. The van der Waals surface area contributed by atoms with Gasteiger partial charge in [-0.3, -0.25) is 14.7 Å². The van der Waals surface area contributed by atoms with Gasteiger partial charge in [0, 0.05) is 45.5 Å². The number of rotatable bonds is 3. The molecule has 1 aromatic heterocycles. The molecular formula is C19H27N3O3. The second-order valence-electron chi connectivity index (χ2n) is 7.45. The van der Waals surface area contributed by atoms with E-state index in [0.717, 1.165) is 70.9 Å². The highest BCUT2D eigenvalue weighted by atomic mass is 16.5. The molecule has 0 radical (unpaired) electrons. The van der Waals surface area contributed by atoms with E-state index in [4.69, 9.17) is 9.47 Å². The molecule has 1 atom stereocenters. The Morgan fingerprint density at radius 3 is 2.84 bits per heavy atom. The zero-order valence-electron chi connectivity index (χ0n) is 14.7. The maximum atomic E-state index is 12.6. The molecule has 0 saturated carbocycles. The number of amides is 1. The maximum absolute atomic E-state index is 12.6. The minimum Gasteiger partial charge on any atom is -0.381 e. The van der Waals surface area contributed by atoms with Crippen molar-refractivity contribution in [2.75, 3.05) is 46.0 Å². The number of aromatic nitrogens is 1. The molecule has 0 N–H and O–H groups in total. The Morgan fingerprint density at radius 2 is 2.12 bits per heavy atom. The summed E-state index contributed by atoms with van der Waals surface area (Å²) in [4.78, 5) is 21.5. The molecule has 1 unspecified atom stereocenters. The second-order valence-corrected chi connectivity index (χ2v) is 7.45. The van der Waals surface area contributed by atoms with Crippen molar-refractivity contribution in [1.29, 1.82) is 0 Å². The number of likely N-dealkylation sites (tertiary alicyclic amines) is 1. The molecule has 3 aliphatic heterocycles. The van der Waals surface area contributed by atoms with Crippen molar-refractivity contribution in [2.45, 2.75) is 31.4 Å². The average Bonchev–Trinajstić information content (AvgIpc) is 3.18. The molecule has 6 nitrogen and oxygen atoms in total. The first kappa shape index (κ1) is 16.9. The van der Waals surface area contributed by atoms with Crippen LogP contribution < -0.4 is 0 Å². The van der Waals surface area contributed by atoms with Crippen LogP contribution in [0.5, 0.6) is 0 Å². The van der Waals surface area contributed by atoms with Crippen LogP contribution in [0.1, 0.15) is 25.0 Å². The molecule has 1 aromatic rings. The standard InChI is InChI=1S/C19H27N3O3/c23-18(16-4-11-24-14-16)22-8-5-19(6-9-22)15-21(10-12-25-19)13-17-3-1-2-7-20-17/h1-3,7,16H,4-6,8-15H2. The Hall–Kier alpha value is -1.50. The third-order valence-corrected chi connectivity index (χ3v) is 5.70. The molecule has 4 rings (SSSR count). The minimum atomic E-state index is -0.101. The fourth-order valence-corrected chi connectivity index (χ4v) is 4.20. The third-order valence-electron chi connectivity index (χ3n) is 5.70. The first-order valence-electron chi connectivity index (χ1n) is 9.37. The van der Waals surface area contributed by atoms with E-state index in [1.807, 2.05) is 23.2 Å². The number of hydrogen-bond acceptors (Lipinski definition) is 5. The predicted molar refractivity (Wildman–Crippen MR) is 92.9 cm³/mol. The van der Waals surface area contributed by atoms with Gasteiger partial charge in [-0.1, -0.05) is 6.07 Å². The van der Waals surface area contributed by atoms with Crippen LogP contribution in [0, 0.1) is 5.92 Å². The Morgan fingerprint density at radius 1 is 1.24 bits per heavy atom. The molecule has 3 aliphatic rings. The zero-order valence-corrected chi connectivity index (χ0v) is 14.7. The van der Waals surface area contributed by atoms with E-state index in [2.05, 4.69) is 16.0 Å². The lowest BCUT2D eigenvalue weighted by Crippen LogP contribution is -2.57. The molecule has 0 bridgehead atoms. The van der Waals surface area contributed by atoms with E-state index in [1.54, 1.807) is 0 Å². The SMILES string of the molecule is O=C(C1CCOC1)N1CCC2(CC1)CN(Cc1ccccn1)CCO2. The smallest absolute Gasteiger partial charge is 0.228 e. The molecule has 25 heavy (non-hydrogen) atoms. The molecule has 1 spiro atoms. The van der Waals surface area contributed by atoms with Gasteiger partial charge >= 0.3 is 0 Å². The highest BCUT2D eigenvalue weighted by molar-refractivity contribution is 5.79. The van der Waals surface area contributed by atoms with Crippen LogP contribution in [0.2, 0.25) is 0 Å². The number of carbonyl (C=O) groups excluding carboxylic acids is 1. The van der Waals surface area contributed by atoms with Gasteiger partial charge in [0.2, 0.25) is 5.91 Å². The highest BCUT2D eigenvalue weighted by Crippen LogP contribution is 2.31. The van der Waals surface area contributed by atoms with E-state index in [0.29, 0.717) is 6.61 Å². The average molecular weight is 345 g/mol. The van der Waals surface area contributed by atoms with Crippen LogP contribution in [0.3, 0.4) is 0 Å². The van der Waals surface area contributed by atoms with Crippen molar-refractivity contribution in [3.63, 3.8) is 0 Å². The van der Waals surface area contributed by atoms with Crippen molar-refractivity contribution in [3.8, 4) is 0 Å². The summed E-state index contributed by atoms with van der Waals surface area (Å²) in [5, 5.41) is 0. The monoisotopic (exact) mass is 345 g/mol. The lowest BCUT2D eigenvalue weighted by molar-refractivity contribution is -0.154. The number of nitrogens with zero attached hydrogens (tertiary/aromatic N) is 3. The Bertz CT molecular complexity index is 581. The first-order chi connectivity index (χ1) is 12.2. The summed E-state index contributed by atoms with van der Waals surface area (Å²) < 4.78 is 11.6. The quantitative estimate of drug-likeness (QED) is 0.827. The van der Waals surface area contributed by atoms with E-state index in [9.17, 15) is 4.79 Å². The van der Waals surface area contributed by atoms with Gasteiger partial charge < -0.3 is 14.4 Å². The van der Waals surface area contributed by atoms with Crippen LogP contribution >= 0.6 is 0 Å². The van der Waals surface area contributed by atoms with Gasteiger partial charge in [0.05, 0.1) is 30.4 Å². The number of pyridine rings is 1. The molecule has 136 valence electrons. The van der Waals surface area contributed by atoms with Gasteiger partial charge in [0.1, 0.15) is 0 Å². The molecule has 3 saturated heterocycles. The summed E-state index contributed by atoms with van der Waals surface area (Å²) in [6, 6.07) is 6.06. The Labute approximate surface area is 149 Å². The maximum Gasteiger partial charge on any atom is 0.228 e. The molecule has 4 heterocycles. The summed E-state index contributed by atoms with van der Waals surface area (Å²) in [6.07, 6.45) is 4.56. The number of carbonyl (C=O) groups is 1. The summed E-state index contributed by atoms with van der Waals surface area (Å²) in [7, 11) is 0. The van der Waals surface area contributed by atoms with Crippen LogP contribution in [0.25, 0.3) is 0 Å². The van der Waals surface area contributed by atoms with E-state index < -0.39 is 0 Å². The van der Waals surface area contributed by atoms with Gasteiger partial charge in [0.25, 0.3) is 0 Å². The normalized spacial score (nSPS) is 26.9. The lowest BCUT2D eigenvalue weighted by Gasteiger charge is -2.47. The van der Waals surface area contributed by atoms with E-state index in [1.165, 1.54) is 0 Å². The summed E-state index contributed by atoms with van der Waals surface area (Å²) >= 11 is 0. The molecule has 3 fully saturated rings. The van der Waals surface area contributed by atoms with E-state index >= 15 is 0 Å². The summed E-state index contributed by atoms with van der Waals surface area (Å²) in [5.74, 6) is 0.343. The van der Waals surface area contributed by atoms with Crippen molar-refractivity contribution in [1.82, 2.24) is 14.8 Å². The van der Waals surface area contributed by atoms with Crippen LogP contribution in [0.4, 0.5) is 0 Å². The van der Waals surface area contributed by atoms with Crippen molar-refractivity contribution in [2.24, 2.45) is 5.92 Å². The van der Waals surface area contributed by atoms with Crippen molar-refractivity contribution >= 4 is 5.91 Å². The van der Waals surface area contributed by atoms with Gasteiger partial charge in [-0.25, -0.2) is 0 Å². The van der Waals surface area contributed by atoms with Gasteiger partial charge in [-0.2, -0.15) is 0 Å². The first-order valence-corrected chi connectivity index (χ1v) is 9.37. The number of morpholine rings is 1. The van der Waals surface area contributed by atoms with Crippen LogP contribution in [-0.2, 0) is 20.8 Å². The number of piperidine rings is 1. The van der Waals surface area contributed by atoms with Crippen LogP contribution in [-0.4, -0.2) is 72.3 Å². The summed E-state index contributed by atoms with van der Waals surface area (Å²) in [6.45, 7) is 6.41. The molecule has 1 amide bonds. The van der Waals surface area contributed by atoms with Crippen LogP contribution in [0.15, 0.2) is 24.4 Å². The molecular weight excluding hydrogens is 318 g/mol. The van der Waals surface area contributed by atoms with Gasteiger partial charge in [-0.15, -0.1) is 0 Å². The molecule has 6 heteroatoms. The molecule has 0 aliphatic carbocycles. The Balaban J connectivity index is 1.33. The third kappa shape index (κ3) is 3.86. The zero-order chi connectivity index (χ0) is 17.1.